The number of carbonyl (C=O) groups is 3. The van der Waals surface area contributed by atoms with E-state index in [0.29, 0.717) is 5.56 Å². The minimum atomic E-state index is -4.30. The zero-order valence-electron chi connectivity index (χ0n) is 16.9. The Hall–Kier alpha value is -2.30. The molecule has 0 spiro atoms. The first-order valence-corrected chi connectivity index (χ1v) is 10.5. The van der Waals surface area contributed by atoms with E-state index in [1.54, 1.807) is 30.3 Å². The van der Waals surface area contributed by atoms with Gasteiger partial charge in [-0.1, -0.05) is 30.3 Å². The van der Waals surface area contributed by atoms with Crippen molar-refractivity contribution in [3.63, 3.8) is 0 Å². The van der Waals surface area contributed by atoms with E-state index in [1.807, 2.05) is 0 Å². The largest absolute Gasteiger partial charge is 0.463 e. The molecule has 1 aromatic rings. The molecule has 0 aliphatic rings. The molecular formula is C19H27NO8S. The molecule has 2 atom stereocenters. The summed E-state index contributed by atoms with van der Waals surface area (Å²) in [5.74, 6) is -3.26. The van der Waals surface area contributed by atoms with Gasteiger partial charge in [0.1, 0.15) is 12.4 Å². The van der Waals surface area contributed by atoms with E-state index in [1.165, 1.54) is 27.9 Å². The van der Waals surface area contributed by atoms with E-state index in [9.17, 15) is 22.8 Å². The van der Waals surface area contributed by atoms with Crippen LogP contribution in [-0.2, 0) is 34.0 Å². The summed E-state index contributed by atoms with van der Waals surface area (Å²) in [4.78, 5) is 36.4. The van der Waals surface area contributed by atoms with Gasteiger partial charge in [0.2, 0.25) is 5.91 Å². The van der Waals surface area contributed by atoms with Crippen LogP contribution in [0.25, 0.3) is 0 Å². The Balaban J connectivity index is 2.70. The maximum atomic E-state index is 12.3. The molecule has 1 aromatic carbocycles. The Labute approximate surface area is 170 Å². The molecule has 0 saturated carbocycles. The Bertz CT molecular complexity index is 820. The molecule has 2 unspecified atom stereocenters. The summed E-state index contributed by atoms with van der Waals surface area (Å²) in [6, 6.07) is 8.66. The van der Waals surface area contributed by atoms with E-state index in [4.69, 9.17) is 14.0 Å². The van der Waals surface area contributed by atoms with Gasteiger partial charge in [-0.15, -0.1) is 0 Å². The van der Waals surface area contributed by atoms with Crippen LogP contribution in [0.3, 0.4) is 0 Å². The molecule has 0 aliphatic heterocycles. The average molecular weight is 429 g/mol. The van der Waals surface area contributed by atoms with Crippen LogP contribution >= 0.6 is 0 Å². The highest BCUT2D eigenvalue weighted by atomic mass is 32.2. The van der Waals surface area contributed by atoms with Gasteiger partial charge in [0.05, 0.1) is 17.2 Å². The number of methoxy groups -OCH3 is 1. The SMILES string of the molecule is COC(C(=O)OCC(CC(=O)NC(C)(C)CS(=O)(=O)O)C(C)=O)c1ccccc1. The van der Waals surface area contributed by atoms with Crippen molar-refractivity contribution in [3.8, 4) is 0 Å². The first kappa shape index (κ1) is 24.7. The molecule has 0 saturated heterocycles. The molecule has 0 radical (unpaired) electrons. The molecule has 162 valence electrons. The Morgan fingerprint density at radius 1 is 1.17 bits per heavy atom. The molecule has 29 heavy (non-hydrogen) atoms. The van der Waals surface area contributed by atoms with Gasteiger partial charge in [0, 0.05) is 13.5 Å². The lowest BCUT2D eigenvalue weighted by Gasteiger charge is -2.25. The minimum absolute atomic E-state index is 0.305. The van der Waals surface area contributed by atoms with E-state index in [-0.39, 0.29) is 18.8 Å². The summed E-state index contributed by atoms with van der Waals surface area (Å²) in [7, 11) is -2.94. The zero-order valence-corrected chi connectivity index (χ0v) is 17.7. The summed E-state index contributed by atoms with van der Waals surface area (Å²) in [5.41, 5.74) is -0.652. The van der Waals surface area contributed by atoms with Gasteiger partial charge in [0.25, 0.3) is 10.1 Å². The fraction of sp³-hybridized carbons (Fsp3) is 0.526. The predicted molar refractivity (Wildman–Crippen MR) is 105 cm³/mol. The van der Waals surface area contributed by atoms with Crippen LogP contribution in [0.2, 0.25) is 0 Å². The minimum Gasteiger partial charge on any atom is -0.463 e. The van der Waals surface area contributed by atoms with Crippen LogP contribution < -0.4 is 5.32 Å². The fourth-order valence-electron chi connectivity index (χ4n) is 2.72. The van der Waals surface area contributed by atoms with Crippen molar-refractivity contribution in [2.24, 2.45) is 5.92 Å². The van der Waals surface area contributed by atoms with Crippen molar-refractivity contribution in [3.05, 3.63) is 35.9 Å². The third kappa shape index (κ3) is 9.16. The van der Waals surface area contributed by atoms with Crippen molar-refractivity contribution >= 4 is 27.8 Å². The van der Waals surface area contributed by atoms with Gasteiger partial charge in [-0.2, -0.15) is 8.42 Å². The first-order valence-electron chi connectivity index (χ1n) is 8.85. The Morgan fingerprint density at radius 3 is 2.24 bits per heavy atom. The lowest BCUT2D eigenvalue weighted by atomic mass is 10.0. The number of carbonyl (C=O) groups excluding carboxylic acids is 3. The van der Waals surface area contributed by atoms with Crippen LogP contribution in [0, 0.1) is 5.92 Å². The second-order valence-electron chi connectivity index (χ2n) is 7.33. The smallest absolute Gasteiger partial charge is 0.339 e. The highest BCUT2D eigenvalue weighted by Crippen LogP contribution is 2.19. The average Bonchev–Trinajstić information content (AvgIpc) is 2.57. The number of hydrogen-bond acceptors (Lipinski definition) is 7. The van der Waals surface area contributed by atoms with Crippen molar-refractivity contribution in [1.29, 1.82) is 0 Å². The second-order valence-corrected chi connectivity index (χ2v) is 8.78. The molecule has 0 fully saturated rings. The molecule has 10 heteroatoms. The van der Waals surface area contributed by atoms with Gasteiger partial charge in [-0.3, -0.25) is 14.1 Å². The molecular weight excluding hydrogens is 402 g/mol. The number of benzene rings is 1. The van der Waals surface area contributed by atoms with Gasteiger partial charge in [0.15, 0.2) is 6.10 Å². The van der Waals surface area contributed by atoms with Gasteiger partial charge < -0.3 is 14.8 Å². The Kier molecular flexibility index (Phi) is 8.93. The maximum absolute atomic E-state index is 12.3. The molecule has 1 amide bonds. The number of amides is 1. The maximum Gasteiger partial charge on any atom is 0.339 e. The fourth-order valence-corrected chi connectivity index (χ4v) is 3.70. The van der Waals surface area contributed by atoms with Gasteiger partial charge in [-0.25, -0.2) is 4.79 Å². The van der Waals surface area contributed by atoms with Crippen LogP contribution in [0.1, 0.15) is 38.9 Å². The van der Waals surface area contributed by atoms with Crippen molar-refractivity contribution in [2.45, 2.75) is 38.8 Å². The third-order valence-electron chi connectivity index (χ3n) is 4.01. The summed E-state index contributed by atoms with van der Waals surface area (Å²) in [5, 5.41) is 2.45. The van der Waals surface area contributed by atoms with Gasteiger partial charge in [-0.05, 0) is 26.3 Å². The van der Waals surface area contributed by atoms with Gasteiger partial charge >= 0.3 is 5.97 Å². The highest BCUT2D eigenvalue weighted by Gasteiger charge is 2.30. The first-order chi connectivity index (χ1) is 13.3. The molecule has 0 aliphatic carbocycles. The lowest BCUT2D eigenvalue weighted by Crippen LogP contribution is -2.49. The van der Waals surface area contributed by atoms with E-state index < -0.39 is 45.3 Å². The van der Waals surface area contributed by atoms with Crippen molar-refractivity contribution < 1.29 is 36.8 Å². The molecule has 1 rings (SSSR count). The second kappa shape index (κ2) is 10.5. The Morgan fingerprint density at radius 2 is 1.76 bits per heavy atom. The van der Waals surface area contributed by atoms with E-state index >= 15 is 0 Å². The zero-order chi connectivity index (χ0) is 22.2. The number of nitrogens with one attached hydrogen (secondary N) is 1. The summed E-state index contributed by atoms with van der Waals surface area (Å²) in [6.07, 6.45) is -1.27. The molecule has 0 bridgehead atoms. The number of ketones is 1. The molecule has 2 N–H and O–H groups in total. The summed E-state index contributed by atoms with van der Waals surface area (Å²) in [6.45, 7) is 3.78. The molecule has 0 heterocycles. The quantitative estimate of drug-likeness (QED) is 0.397. The summed E-state index contributed by atoms with van der Waals surface area (Å²) >= 11 is 0. The van der Waals surface area contributed by atoms with Crippen molar-refractivity contribution in [2.75, 3.05) is 19.5 Å². The number of hydrogen-bond donors (Lipinski definition) is 2. The number of esters is 1. The van der Waals surface area contributed by atoms with Crippen LogP contribution in [0.5, 0.6) is 0 Å². The van der Waals surface area contributed by atoms with Crippen LogP contribution in [0.4, 0.5) is 0 Å². The number of rotatable bonds is 11. The van der Waals surface area contributed by atoms with E-state index in [2.05, 4.69) is 5.32 Å². The molecule has 9 nitrogen and oxygen atoms in total. The summed E-state index contributed by atoms with van der Waals surface area (Å²) < 4.78 is 41.3. The van der Waals surface area contributed by atoms with Crippen LogP contribution in [-0.4, -0.2) is 55.6 Å². The lowest BCUT2D eigenvalue weighted by molar-refractivity contribution is -0.158. The standard InChI is InChI=1S/C19H27NO8S/c1-13(21)15(10-16(22)20-19(2,3)12-29(24,25)26)11-28-18(23)17(27-4)14-8-6-5-7-9-14/h5-9,15,17H,10-12H2,1-4H3,(H,20,22)(H,24,25,26). The normalized spacial score (nSPS) is 14.0. The van der Waals surface area contributed by atoms with Crippen molar-refractivity contribution in [1.82, 2.24) is 5.32 Å². The highest BCUT2D eigenvalue weighted by molar-refractivity contribution is 7.85. The number of Topliss-reactive ketones (excluding diaryl/α,β-unsaturated/α-hetero) is 1. The topological polar surface area (TPSA) is 136 Å². The van der Waals surface area contributed by atoms with E-state index in [0.717, 1.165) is 0 Å². The van der Waals surface area contributed by atoms with Crippen LogP contribution in [0.15, 0.2) is 30.3 Å². The monoisotopic (exact) mass is 429 g/mol. The molecule has 0 aromatic heterocycles. The third-order valence-corrected chi connectivity index (χ3v) is 5.09. The predicted octanol–water partition coefficient (Wildman–Crippen LogP) is 1.30. The number of ether oxygens (including phenoxy) is 2.